The van der Waals surface area contributed by atoms with Crippen LogP contribution < -0.4 is 0 Å². The van der Waals surface area contributed by atoms with Crippen LogP contribution in [0.4, 0.5) is 13.6 Å². The third kappa shape index (κ3) is 5.57. The normalized spacial score (nSPS) is 18.7. The van der Waals surface area contributed by atoms with Gasteiger partial charge in [0.2, 0.25) is 0 Å². The van der Waals surface area contributed by atoms with Crippen LogP contribution in [-0.2, 0) is 14.6 Å². The van der Waals surface area contributed by atoms with Gasteiger partial charge in [-0.3, -0.25) is 0 Å². The lowest BCUT2D eigenvalue weighted by Crippen LogP contribution is -2.42. The highest BCUT2D eigenvalue weighted by Gasteiger charge is 2.34. The number of benzene rings is 1. The minimum atomic E-state index is -3.89. The Morgan fingerprint density at radius 3 is 2.42 bits per heavy atom. The van der Waals surface area contributed by atoms with E-state index in [2.05, 4.69) is 0 Å². The van der Waals surface area contributed by atoms with Gasteiger partial charge in [-0.2, -0.15) is 13.5 Å². The number of hydrogen-bond donors (Lipinski definition) is 0. The molecule has 0 N–H and O–H groups in total. The largest absolute Gasteiger partial charge is 0.444 e. The van der Waals surface area contributed by atoms with Crippen molar-refractivity contribution in [1.29, 1.82) is 0 Å². The summed E-state index contributed by atoms with van der Waals surface area (Å²) in [5, 5.41) is -0.882. The summed E-state index contributed by atoms with van der Waals surface area (Å²) < 4.78 is 57.4. The molecule has 5 nitrogen and oxygen atoms in total. The summed E-state index contributed by atoms with van der Waals surface area (Å²) in [5.41, 5.74) is -0.683. The second-order valence-electron chi connectivity index (χ2n) is 7.17. The van der Waals surface area contributed by atoms with Gasteiger partial charge in [0.15, 0.2) is 21.5 Å². The van der Waals surface area contributed by atoms with Gasteiger partial charge >= 0.3 is 6.09 Å². The third-order valence-electron chi connectivity index (χ3n) is 3.94. The van der Waals surface area contributed by atoms with Gasteiger partial charge in [0.25, 0.3) is 0 Å². The molecular formula is C17H25F2NO4S2. The number of carbonyl (C=O) groups is 1. The lowest BCUT2D eigenvalue weighted by molar-refractivity contribution is 0.0258. The quantitative estimate of drug-likeness (QED) is 0.700. The van der Waals surface area contributed by atoms with Crippen molar-refractivity contribution in [2.75, 3.05) is 13.1 Å². The van der Waals surface area contributed by atoms with Crippen LogP contribution in [0.1, 0.15) is 40.0 Å². The number of halogens is 2. The molecule has 1 amide bonds. The summed E-state index contributed by atoms with van der Waals surface area (Å²) in [7, 11) is -3.89. The van der Waals surface area contributed by atoms with Crippen LogP contribution in [0.3, 0.4) is 0 Å². The van der Waals surface area contributed by atoms with Crippen LogP contribution in [0.2, 0.25) is 0 Å². The number of sulfone groups is 1. The molecule has 26 heavy (non-hydrogen) atoms. The first-order valence-electron chi connectivity index (χ1n) is 8.17. The van der Waals surface area contributed by atoms with E-state index >= 15 is 0 Å². The Hall–Kier alpha value is -1.35. The zero-order valence-corrected chi connectivity index (χ0v) is 16.9. The van der Waals surface area contributed by atoms with Gasteiger partial charge in [-0.1, -0.05) is 6.42 Å². The number of hydrogen-bond acceptors (Lipinski definition) is 4. The molecule has 0 spiro atoms. The molecule has 1 aromatic carbocycles. The van der Waals surface area contributed by atoms with E-state index in [1.807, 2.05) is 0 Å². The highest BCUT2D eigenvalue weighted by molar-refractivity contribution is 7.92. The van der Waals surface area contributed by atoms with E-state index in [0.717, 1.165) is 12.1 Å². The van der Waals surface area contributed by atoms with Gasteiger partial charge in [0.1, 0.15) is 5.60 Å². The van der Waals surface area contributed by atoms with Gasteiger partial charge < -0.3 is 9.64 Å². The van der Waals surface area contributed by atoms with Crippen molar-refractivity contribution >= 4 is 29.4 Å². The highest BCUT2D eigenvalue weighted by Crippen LogP contribution is 2.25. The van der Waals surface area contributed by atoms with Gasteiger partial charge in [0.05, 0.1) is 10.1 Å². The van der Waals surface area contributed by atoms with Crippen molar-refractivity contribution in [2.45, 2.75) is 55.8 Å². The van der Waals surface area contributed by atoms with Crippen LogP contribution in [0.25, 0.3) is 0 Å². The second kappa shape index (κ2) is 8.56. The maximum atomic E-state index is 13.4. The van der Waals surface area contributed by atoms with Gasteiger partial charge in [-0.25, -0.2) is 22.0 Å². The number of likely N-dealkylation sites (tertiary alicyclic amines) is 1. The zero-order valence-electron chi connectivity index (χ0n) is 15.1. The molecular weight excluding hydrogens is 384 g/mol. The van der Waals surface area contributed by atoms with Crippen molar-refractivity contribution in [2.24, 2.45) is 0 Å². The molecule has 9 heteroatoms. The minimum Gasteiger partial charge on any atom is -0.444 e. The summed E-state index contributed by atoms with van der Waals surface area (Å²) in [6.45, 7) is 5.57. The number of carbonyl (C=O) groups excluding carboxylic acids is 1. The summed E-state index contributed by atoms with van der Waals surface area (Å²) in [6.07, 6.45) is 1.05. The Labute approximate surface area is 160 Å². The molecule has 0 radical (unpaired) electrons. The number of amides is 1. The molecule has 1 saturated heterocycles. The van der Waals surface area contributed by atoms with Crippen molar-refractivity contribution in [3.63, 3.8) is 0 Å². The van der Waals surface area contributed by atoms with E-state index in [1.165, 1.54) is 4.90 Å². The van der Waals surface area contributed by atoms with E-state index in [-0.39, 0.29) is 24.9 Å². The minimum absolute atomic E-state index is 0. The van der Waals surface area contributed by atoms with Gasteiger partial charge in [-0.05, 0) is 51.8 Å². The molecule has 148 valence electrons. The average molecular weight is 410 g/mol. The molecule has 1 aliphatic heterocycles. The average Bonchev–Trinajstić information content (AvgIpc) is 2.74. The Morgan fingerprint density at radius 2 is 1.85 bits per heavy atom. The monoisotopic (exact) mass is 409 g/mol. The molecule has 1 aliphatic rings. The number of nitrogens with zero attached hydrogens (tertiary/aromatic N) is 1. The third-order valence-corrected chi connectivity index (χ3v) is 6.11. The van der Waals surface area contributed by atoms with Crippen LogP contribution >= 0.6 is 13.5 Å². The molecule has 0 aromatic heterocycles. The van der Waals surface area contributed by atoms with Crippen molar-refractivity contribution in [3.05, 3.63) is 29.8 Å². The molecule has 1 aromatic rings. The first kappa shape index (κ1) is 22.7. The fourth-order valence-electron chi connectivity index (χ4n) is 2.69. The van der Waals surface area contributed by atoms with Crippen LogP contribution in [0, 0.1) is 11.6 Å². The lowest BCUT2D eigenvalue weighted by Gasteiger charge is -2.28. The molecule has 0 saturated carbocycles. The number of ether oxygens (including phenoxy) is 1. The summed E-state index contributed by atoms with van der Waals surface area (Å²) in [4.78, 5) is 13.4. The maximum Gasteiger partial charge on any atom is 0.410 e. The molecule has 0 bridgehead atoms. The molecule has 1 fully saturated rings. The predicted octanol–water partition coefficient (Wildman–Crippen LogP) is 3.64. The highest BCUT2D eigenvalue weighted by atomic mass is 32.2. The van der Waals surface area contributed by atoms with E-state index in [4.69, 9.17) is 4.74 Å². The summed E-state index contributed by atoms with van der Waals surface area (Å²) >= 11 is 0. The topological polar surface area (TPSA) is 63.7 Å². The van der Waals surface area contributed by atoms with Crippen LogP contribution in [0.5, 0.6) is 0 Å². The second-order valence-corrected chi connectivity index (χ2v) is 9.39. The summed E-state index contributed by atoms with van der Waals surface area (Å²) in [6, 6.07) is 2.54. The molecule has 0 unspecified atom stereocenters. The molecule has 0 aliphatic carbocycles. The fraction of sp³-hybridized carbons (Fsp3) is 0.588. The zero-order chi connectivity index (χ0) is 18.8. The summed E-state index contributed by atoms with van der Waals surface area (Å²) in [5.74, 6) is -2.31. The van der Waals surface area contributed by atoms with E-state index in [9.17, 15) is 22.0 Å². The standard InChI is InChI=1S/C17H23F2NO4S.H2S/c1-17(2,3)24-16(21)20-9-5-4-6-13(11-20)25(22,23)12-7-8-14(18)15(19)10-12;/h7-8,10,13H,4-6,9,11H2,1-3H3;1H2/t13-;/m0./s1. The molecule has 1 atom stereocenters. The van der Waals surface area contributed by atoms with Crippen LogP contribution in [0.15, 0.2) is 23.1 Å². The number of rotatable bonds is 2. The Bertz CT molecular complexity index is 748. The Morgan fingerprint density at radius 1 is 1.19 bits per heavy atom. The predicted molar refractivity (Wildman–Crippen MR) is 99.4 cm³/mol. The van der Waals surface area contributed by atoms with E-state index < -0.39 is 38.4 Å². The first-order chi connectivity index (χ1) is 11.5. The van der Waals surface area contributed by atoms with Crippen LogP contribution in [-0.4, -0.2) is 43.4 Å². The maximum absolute atomic E-state index is 13.4. The van der Waals surface area contributed by atoms with Crippen molar-refractivity contribution < 1.29 is 26.7 Å². The molecule has 1 heterocycles. The van der Waals surface area contributed by atoms with Crippen molar-refractivity contribution in [1.82, 2.24) is 4.90 Å². The van der Waals surface area contributed by atoms with E-state index in [0.29, 0.717) is 31.9 Å². The first-order valence-corrected chi connectivity index (χ1v) is 9.72. The van der Waals surface area contributed by atoms with E-state index in [1.54, 1.807) is 20.8 Å². The van der Waals surface area contributed by atoms with Gasteiger partial charge in [-0.15, -0.1) is 0 Å². The Kier molecular flexibility index (Phi) is 7.47. The lowest BCUT2D eigenvalue weighted by atomic mass is 10.2. The Balaban J connectivity index is 0.00000338. The van der Waals surface area contributed by atoms with Crippen molar-refractivity contribution in [3.8, 4) is 0 Å². The fourth-order valence-corrected chi connectivity index (χ4v) is 4.46. The SMILES string of the molecule is CC(C)(C)OC(=O)N1CCCC[C@H](S(=O)(=O)c2ccc(F)c(F)c2)C1.S. The smallest absolute Gasteiger partial charge is 0.410 e. The molecule has 2 rings (SSSR count). The van der Waals surface area contributed by atoms with Gasteiger partial charge in [0, 0.05) is 13.1 Å².